The van der Waals surface area contributed by atoms with Crippen LogP contribution in [0.1, 0.15) is 19.4 Å². The van der Waals surface area contributed by atoms with E-state index in [9.17, 15) is 4.39 Å². The normalized spacial score (nSPS) is 26.9. The van der Waals surface area contributed by atoms with Gasteiger partial charge in [-0.25, -0.2) is 4.39 Å². The molecule has 0 bridgehead atoms. The van der Waals surface area contributed by atoms with Gasteiger partial charge in [-0.3, -0.25) is 4.90 Å². The fourth-order valence-corrected chi connectivity index (χ4v) is 2.14. The van der Waals surface area contributed by atoms with E-state index in [0.29, 0.717) is 12.1 Å². The SMILES string of the molecule is C[C@H]1CN(Cc2ccc(F)cc2)[C@@H](C)CN1. The van der Waals surface area contributed by atoms with Crippen LogP contribution in [-0.4, -0.2) is 30.1 Å². The van der Waals surface area contributed by atoms with Gasteiger partial charge in [0.25, 0.3) is 0 Å². The van der Waals surface area contributed by atoms with Crippen molar-refractivity contribution in [3.05, 3.63) is 35.6 Å². The average molecular weight is 222 g/mol. The Bertz CT molecular complexity index is 336. The highest BCUT2D eigenvalue weighted by atomic mass is 19.1. The Hall–Kier alpha value is -0.930. The van der Waals surface area contributed by atoms with E-state index in [1.54, 1.807) is 0 Å². The molecule has 0 saturated carbocycles. The van der Waals surface area contributed by atoms with Crippen LogP contribution in [-0.2, 0) is 6.54 Å². The predicted molar refractivity (Wildman–Crippen MR) is 63.7 cm³/mol. The minimum atomic E-state index is -0.162. The smallest absolute Gasteiger partial charge is 0.123 e. The Kier molecular flexibility index (Phi) is 3.56. The van der Waals surface area contributed by atoms with Crippen LogP contribution in [0.15, 0.2) is 24.3 Å². The molecule has 16 heavy (non-hydrogen) atoms. The third kappa shape index (κ3) is 2.80. The number of hydrogen-bond acceptors (Lipinski definition) is 2. The summed E-state index contributed by atoms with van der Waals surface area (Å²) in [6, 6.07) is 7.89. The van der Waals surface area contributed by atoms with Crippen LogP contribution in [0, 0.1) is 5.82 Å². The first kappa shape index (κ1) is 11.6. The zero-order valence-corrected chi connectivity index (χ0v) is 9.91. The standard InChI is InChI=1S/C13H19FN2/c1-10-8-16(11(2)7-15-10)9-12-3-5-13(14)6-4-12/h3-6,10-11,15H,7-9H2,1-2H3/t10-,11-/m0/s1. The van der Waals surface area contributed by atoms with Crippen molar-refractivity contribution in [1.29, 1.82) is 0 Å². The van der Waals surface area contributed by atoms with Crippen LogP contribution in [0.2, 0.25) is 0 Å². The lowest BCUT2D eigenvalue weighted by atomic mass is 10.1. The highest BCUT2D eigenvalue weighted by molar-refractivity contribution is 5.16. The summed E-state index contributed by atoms with van der Waals surface area (Å²) in [7, 11) is 0. The number of benzene rings is 1. The minimum absolute atomic E-state index is 0.162. The van der Waals surface area contributed by atoms with Gasteiger partial charge in [0, 0.05) is 31.7 Å². The van der Waals surface area contributed by atoms with E-state index < -0.39 is 0 Å². The van der Waals surface area contributed by atoms with Gasteiger partial charge < -0.3 is 5.32 Å². The van der Waals surface area contributed by atoms with E-state index >= 15 is 0 Å². The molecule has 2 nitrogen and oxygen atoms in total. The summed E-state index contributed by atoms with van der Waals surface area (Å²) in [6.07, 6.45) is 0. The Labute approximate surface area is 96.5 Å². The first-order valence-corrected chi connectivity index (χ1v) is 5.87. The summed E-state index contributed by atoms with van der Waals surface area (Å²) < 4.78 is 12.8. The molecule has 1 fully saturated rings. The second-order valence-corrected chi connectivity index (χ2v) is 4.71. The van der Waals surface area contributed by atoms with Crippen LogP contribution in [0.4, 0.5) is 4.39 Å². The third-order valence-electron chi connectivity index (χ3n) is 3.19. The van der Waals surface area contributed by atoms with Gasteiger partial charge in [0.15, 0.2) is 0 Å². The number of piperazine rings is 1. The molecule has 2 rings (SSSR count). The maximum atomic E-state index is 12.8. The van der Waals surface area contributed by atoms with E-state index in [2.05, 4.69) is 24.1 Å². The molecule has 1 aromatic carbocycles. The molecule has 0 amide bonds. The Morgan fingerprint density at radius 3 is 2.69 bits per heavy atom. The van der Waals surface area contributed by atoms with E-state index in [-0.39, 0.29) is 5.82 Å². The Balaban J connectivity index is 2.00. The lowest BCUT2D eigenvalue weighted by molar-refractivity contribution is 0.139. The van der Waals surface area contributed by atoms with Gasteiger partial charge in [0.05, 0.1) is 0 Å². The second kappa shape index (κ2) is 4.93. The molecule has 1 aromatic rings. The quantitative estimate of drug-likeness (QED) is 0.823. The number of rotatable bonds is 2. The van der Waals surface area contributed by atoms with E-state index in [0.717, 1.165) is 19.6 Å². The molecule has 0 unspecified atom stereocenters. The molecule has 0 aromatic heterocycles. The molecule has 1 N–H and O–H groups in total. The molecule has 1 aliphatic heterocycles. The van der Waals surface area contributed by atoms with Gasteiger partial charge in [-0.1, -0.05) is 12.1 Å². The average Bonchev–Trinajstić information content (AvgIpc) is 2.27. The monoisotopic (exact) mass is 222 g/mol. The van der Waals surface area contributed by atoms with E-state index in [1.807, 2.05) is 12.1 Å². The van der Waals surface area contributed by atoms with Crippen molar-refractivity contribution >= 4 is 0 Å². The molecule has 0 aliphatic carbocycles. The summed E-state index contributed by atoms with van der Waals surface area (Å²) in [5, 5.41) is 3.45. The molecule has 0 radical (unpaired) electrons. The second-order valence-electron chi connectivity index (χ2n) is 4.71. The first-order chi connectivity index (χ1) is 7.65. The number of hydrogen-bond donors (Lipinski definition) is 1. The fraction of sp³-hybridized carbons (Fsp3) is 0.538. The molecule has 3 heteroatoms. The first-order valence-electron chi connectivity index (χ1n) is 5.87. The topological polar surface area (TPSA) is 15.3 Å². The van der Waals surface area contributed by atoms with Crippen LogP contribution in [0.3, 0.4) is 0 Å². The number of nitrogens with zero attached hydrogens (tertiary/aromatic N) is 1. The summed E-state index contributed by atoms with van der Waals surface area (Å²) in [4.78, 5) is 2.44. The fourth-order valence-electron chi connectivity index (χ4n) is 2.14. The van der Waals surface area contributed by atoms with Gasteiger partial charge in [0.2, 0.25) is 0 Å². The van der Waals surface area contributed by atoms with Crippen LogP contribution < -0.4 is 5.32 Å². The highest BCUT2D eigenvalue weighted by Gasteiger charge is 2.21. The summed E-state index contributed by atoms with van der Waals surface area (Å²) in [5.41, 5.74) is 1.18. The molecule has 1 aliphatic rings. The van der Waals surface area contributed by atoms with E-state index in [4.69, 9.17) is 0 Å². The van der Waals surface area contributed by atoms with Crippen molar-refractivity contribution in [2.75, 3.05) is 13.1 Å². The zero-order valence-electron chi connectivity index (χ0n) is 9.91. The summed E-state index contributed by atoms with van der Waals surface area (Å²) >= 11 is 0. The molecular formula is C13H19FN2. The minimum Gasteiger partial charge on any atom is -0.311 e. The van der Waals surface area contributed by atoms with Crippen molar-refractivity contribution < 1.29 is 4.39 Å². The maximum absolute atomic E-state index is 12.8. The van der Waals surface area contributed by atoms with Crippen molar-refractivity contribution in [1.82, 2.24) is 10.2 Å². The van der Waals surface area contributed by atoms with Crippen LogP contribution in [0.5, 0.6) is 0 Å². The van der Waals surface area contributed by atoms with E-state index in [1.165, 1.54) is 17.7 Å². The lowest BCUT2D eigenvalue weighted by Crippen LogP contribution is -2.53. The number of halogens is 1. The van der Waals surface area contributed by atoms with Crippen molar-refractivity contribution in [2.24, 2.45) is 0 Å². The van der Waals surface area contributed by atoms with Crippen LogP contribution >= 0.6 is 0 Å². The Morgan fingerprint density at radius 2 is 2.00 bits per heavy atom. The third-order valence-corrected chi connectivity index (χ3v) is 3.19. The molecule has 0 spiro atoms. The summed E-state index contributed by atoms with van der Waals surface area (Å²) in [6.45, 7) is 7.42. The maximum Gasteiger partial charge on any atom is 0.123 e. The highest BCUT2D eigenvalue weighted by Crippen LogP contribution is 2.12. The van der Waals surface area contributed by atoms with Gasteiger partial charge in [-0.15, -0.1) is 0 Å². The largest absolute Gasteiger partial charge is 0.311 e. The van der Waals surface area contributed by atoms with Gasteiger partial charge in [-0.05, 0) is 31.5 Å². The van der Waals surface area contributed by atoms with Crippen molar-refractivity contribution in [3.8, 4) is 0 Å². The van der Waals surface area contributed by atoms with Crippen LogP contribution in [0.25, 0.3) is 0 Å². The number of nitrogens with one attached hydrogen (secondary N) is 1. The van der Waals surface area contributed by atoms with Gasteiger partial charge in [-0.2, -0.15) is 0 Å². The molecule has 2 atom stereocenters. The van der Waals surface area contributed by atoms with Crippen molar-refractivity contribution in [3.63, 3.8) is 0 Å². The Morgan fingerprint density at radius 1 is 1.31 bits per heavy atom. The van der Waals surface area contributed by atoms with Gasteiger partial charge in [0.1, 0.15) is 5.82 Å². The zero-order chi connectivity index (χ0) is 11.5. The predicted octanol–water partition coefficient (Wildman–Crippen LogP) is 2.01. The molecule has 88 valence electrons. The lowest BCUT2D eigenvalue weighted by Gasteiger charge is -2.37. The molecule has 1 saturated heterocycles. The molecule has 1 heterocycles. The molecular weight excluding hydrogens is 203 g/mol. The van der Waals surface area contributed by atoms with Crippen molar-refractivity contribution in [2.45, 2.75) is 32.5 Å². The summed E-state index contributed by atoms with van der Waals surface area (Å²) in [5.74, 6) is -0.162. The van der Waals surface area contributed by atoms with Gasteiger partial charge >= 0.3 is 0 Å².